The highest BCUT2D eigenvalue weighted by Gasteiger charge is 2.33. The van der Waals surface area contributed by atoms with E-state index in [2.05, 4.69) is 11.9 Å². The van der Waals surface area contributed by atoms with Crippen LogP contribution in [0.25, 0.3) is 10.2 Å². The van der Waals surface area contributed by atoms with Crippen molar-refractivity contribution in [2.24, 2.45) is 11.8 Å². The van der Waals surface area contributed by atoms with Gasteiger partial charge in [-0.2, -0.15) is 0 Å². The number of aromatic nitrogens is 2. The zero-order valence-corrected chi connectivity index (χ0v) is 10.5. The second-order valence-electron chi connectivity index (χ2n) is 4.48. The molecule has 1 aliphatic carbocycles. The van der Waals surface area contributed by atoms with Gasteiger partial charge in [0.05, 0.1) is 5.52 Å². The maximum atomic E-state index is 12.2. The summed E-state index contributed by atoms with van der Waals surface area (Å²) >= 11 is 6.70. The van der Waals surface area contributed by atoms with E-state index in [1.807, 2.05) is 11.4 Å². The van der Waals surface area contributed by atoms with Gasteiger partial charge in [0.25, 0.3) is 5.56 Å². The largest absolute Gasteiger partial charge is 0.331 e. The van der Waals surface area contributed by atoms with Crippen molar-refractivity contribution in [1.29, 1.82) is 0 Å². The lowest BCUT2D eigenvalue weighted by molar-refractivity contribution is 0.567. The Morgan fingerprint density at radius 2 is 2.44 bits per heavy atom. The molecule has 0 bridgehead atoms. The molecule has 1 aliphatic rings. The molecule has 16 heavy (non-hydrogen) atoms. The maximum absolute atomic E-state index is 12.2. The molecule has 1 fully saturated rings. The summed E-state index contributed by atoms with van der Waals surface area (Å²) in [6, 6.07) is 1.90. The second kappa shape index (κ2) is 3.53. The van der Waals surface area contributed by atoms with Crippen LogP contribution in [-0.4, -0.2) is 9.55 Å². The topological polar surface area (TPSA) is 37.8 Å². The number of H-pyrrole nitrogens is 1. The summed E-state index contributed by atoms with van der Waals surface area (Å²) in [5, 5.41) is 1.92. The van der Waals surface area contributed by atoms with Gasteiger partial charge in [0, 0.05) is 6.54 Å². The van der Waals surface area contributed by atoms with E-state index in [4.69, 9.17) is 12.2 Å². The lowest BCUT2D eigenvalue weighted by atomic mass is 10.3. The van der Waals surface area contributed by atoms with Crippen LogP contribution in [0.1, 0.15) is 13.3 Å². The van der Waals surface area contributed by atoms with E-state index in [0.717, 1.165) is 22.7 Å². The van der Waals surface area contributed by atoms with Gasteiger partial charge in [-0.15, -0.1) is 11.3 Å². The molecule has 0 aromatic carbocycles. The molecule has 0 radical (unpaired) electrons. The van der Waals surface area contributed by atoms with Crippen LogP contribution in [0, 0.1) is 16.6 Å². The Bertz CT molecular complexity index is 652. The summed E-state index contributed by atoms with van der Waals surface area (Å²) in [5.41, 5.74) is 0.924. The van der Waals surface area contributed by atoms with Crippen LogP contribution in [0.2, 0.25) is 0 Å². The van der Waals surface area contributed by atoms with Crippen molar-refractivity contribution in [3.8, 4) is 0 Å². The third kappa shape index (κ3) is 1.55. The minimum atomic E-state index is 0.0628. The van der Waals surface area contributed by atoms with E-state index >= 15 is 0 Å². The zero-order valence-electron chi connectivity index (χ0n) is 8.90. The van der Waals surface area contributed by atoms with E-state index < -0.39 is 0 Å². The molecule has 0 spiro atoms. The lowest BCUT2D eigenvalue weighted by Gasteiger charge is -2.04. The molecular weight excluding hydrogens is 240 g/mol. The van der Waals surface area contributed by atoms with Crippen LogP contribution in [0.15, 0.2) is 16.2 Å². The molecule has 1 N–H and O–H groups in total. The summed E-state index contributed by atoms with van der Waals surface area (Å²) in [6.07, 6.45) is 1.21. The number of rotatable bonds is 2. The van der Waals surface area contributed by atoms with Crippen LogP contribution in [0.4, 0.5) is 0 Å². The van der Waals surface area contributed by atoms with Gasteiger partial charge in [-0.05, 0) is 41.9 Å². The van der Waals surface area contributed by atoms with Crippen molar-refractivity contribution >= 4 is 33.8 Å². The van der Waals surface area contributed by atoms with Crippen molar-refractivity contribution in [2.45, 2.75) is 19.9 Å². The monoisotopic (exact) mass is 252 g/mol. The fourth-order valence-corrected chi connectivity index (χ4v) is 3.09. The molecule has 2 atom stereocenters. The summed E-state index contributed by atoms with van der Waals surface area (Å²) in [7, 11) is 0. The van der Waals surface area contributed by atoms with Gasteiger partial charge >= 0.3 is 0 Å². The van der Waals surface area contributed by atoms with Gasteiger partial charge in [0.2, 0.25) is 0 Å². The first-order valence-corrected chi connectivity index (χ1v) is 6.66. The molecule has 2 aromatic rings. The van der Waals surface area contributed by atoms with Crippen LogP contribution >= 0.6 is 23.6 Å². The normalized spacial score (nSPS) is 23.8. The number of fused-ring (bicyclic) bond motifs is 1. The van der Waals surface area contributed by atoms with E-state index in [1.54, 1.807) is 4.57 Å². The van der Waals surface area contributed by atoms with Crippen molar-refractivity contribution in [3.63, 3.8) is 0 Å². The maximum Gasteiger partial charge on any atom is 0.272 e. The first-order valence-electron chi connectivity index (χ1n) is 5.37. The first kappa shape index (κ1) is 10.2. The number of nitrogens with one attached hydrogen (secondary N) is 1. The van der Waals surface area contributed by atoms with E-state index in [1.165, 1.54) is 17.8 Å². The number of nitrogens with zero attached hydrogens (tertiary/aromatic N) is 1. The Labute approximate surface area is 102 Å². The average Bonchev–Trinajstić information content (AvgIpc) is 2.76. The molecule has 3 nitrogen and oxygen atoms in total. The smallest absolute Gasteiger partial charge is 0.272 e. The van der Waals surface area contributed by atoms with E-state index in [9.17, 15) is 4.79 Å². The van der Waals surface area contributed by atoms with Crippen molar-refractivity contribution in [1.82, 2.24) is 9.55 Å². The van der Waals surface area contributed by atoms with Crippen molar-refractivity contribution < 1.29 is 0 Å². The molecule has 0 amide bonds. The summed E-state index contributed by atoms with van der Waals surface area (Å²) in [5.74, 6) is 1.37. The van der Waals surface area contributed by atoms with Crippen LogP contribution in [0.5, 0.6) is 0 Å². The number of aromatic amines is 1. The lowest BCUT2D eigenvalue weighted by Crippen LogP contribution is -2.22. The molecule has 2 aromatic heterocycles. The third-order valence-electron chi connectivity index (χ3n) is 3.28. The van der Waals surface area contributed by atoms with Gasteiger partial charge in [0.1, 0.15) is 4.70 Å². The Balaban J connectivity index is 2.15. The highest BCUT2D eigenvalue weighted by molar-refractivity contribution is 7.71. The highest BCUT2D eigenvalue weighted by atomic mass is 32.1. The van der Waals surface area contributed by atoms with Gasteiger partial charge in [0.15, 0.2) is 4.77 Å². The Kier molecular flexibility index (Phi) is 2.26. The van der Waals surface area contributed by atoms with E-state index in [0.29, 0.717) is 10.7 Å². The Morgan fingerprint density at radius 1 is 1.69 bits per heavy atom. The average molecular weight is 252 g/mol. The SMILES string of the molecule is CC1CC1Cn1c(=S)[nH]c2ccsc2c1=O. The van der Waals surface area contributed by atoms with Gasteiger partial charge < -0.3 is 4.98 Å². The summed E-state index contributed by atoms with van der Waals surface area (Å²) < 4.78 is 3.04. The molecule has 5 heteroatoms. The highest BCUT2D eigenvalue weighted by Crippen LogP contribution is 2.38. The van der Waals surface area contributed by atoms with Crippen molar-refractivity contribution in [2.75, 3.05) is 0 Å². The molecule has 0 saturated heterocycles. The quantitative estimate of drug-likeness (QED) is 0.835. The van der Waals surface area contributed by atoms with Crippen LogP contribution < -0.4 is 5.56 Å². The second-order valence-corrected chi connectivity index (χ2v) is 5.79. The number of hydrogen-bond acceptors (Lipinski definition) is 3. The van der Waals surface area contributed by atoms with E-state index in [-0.39, 0.29) is 5.56 Å². The zero-order chi connectivity index (χ0) is 11.3. The van der Waals surface area contributed by atoms with Gasteiger partial charge in [-0.3, -0.25) is 9.36 Å². The van der Waals surface area contributed by atoms with Crippen LogP contribution in [0.3, 0.4) is 0 Å². The van der Waals surface area contributed by atoms with Gasteiger partial charge in [-0.1, -0.05) is 6.92 Å². The number of hydrogen-bond donors (Lipinski definition) is 1. The summed E-state index contributed by atoms with van der Waals surface area (Å²) in [6.45, 7) is 2.98. The molecule has 84 valence electrons. The molecule has 3 rings (SSSR count). The predicted octanol–water partition coefficient (Wildman–Crippen LogP) is 2.78. The van der Waals surface area contributed by atoms with Gasteiger partial charge in [-0.25, -0.2) is 0 Å². The van der Waals surface area contributed by atoms with Crippen molar-refractivity contribution in [3.05, 3.63) is 26.6 Å². The summed E-state index contributed by atoms with van der Waals surface area (Å²) in [4.78, 5) is 15.3. The molecule has 0 aliphatic heterocycles. The van der Waals surface area contributed by atoms with Crippen LogP contribution in [-0.2, 0) is 6.54 Å². The first-order chi connectivity index (χ1) is 7.66. The molecular formula is C11H12N2OS2. The standard InChI is InChI=1S/C11H12N2OS2/c1-6-4-7(6)5-13-10(14)9-8(2-3-16-9)12-11(13)15/h2-3,6-7H,4-5H2,1H3,(H,12,15). The third-order valence-corrected chi connectivity index (χ3v) is 4.51. The minimum absolute atomic E-state index is 0.0628. The molecule has 1 saturated carbocycles. The molecule has 2 heterocycles. The number of thiophene rings is 1. The fourth-order valence-electron chi connectivity index (χ4n) is 2.02. The molecule has 2 unspecified atom stereocenters. The minimum Gasteiger partial charge on any atom is -0.331 e. The Morgan fingerprint density at radius 3 is 3.12 bits per heavy atom. The Hall–Kier alpha value is -0.940. The predicted molar refractivity (Wildman–Crippen MR) is 68.5 cm³/mol. The fraction of sp³-hybridized carbons (Fsp3) is 0.455.